The minimum atomic E-state index is 0.720. The Morgan fingerprint density at radius 1 is 0.710 bits per heavy atom. The van der Waals surface area contributed by atoms with Gasteiger partial charge in [-0.1, -0.05) is 110 Å². The van der Waals surface area contributed by atoms with Gasteiger partial charge in [0.1, 0.15) is 0 Å². The van der Waals surface area contributed by atoms with E-state index in [-0.39, 0.29) is 0 Å². The number of nitrogens with zero attached hydrogens (tertiary/aromatic N) is 2. The van der Waals surface area contributed by atoms with Gasteiger partial charge in [-0.25, -0.2) is 9.97 Å². The van der Waals surface area contributed by atoms with E-state index in [0.29, 0.717) is 0 Å². The van der Waals surface area contributed by atoms with E-state index in [1.807, 2.05) is 73.7 Å². The average Bonchev–Trinajstić information content (AvgIpc) is 2.85. The van der Waals surface area contributed by atoms with E-state index in [4.69, 9.17) is 9.97 Å². The van der Waals surface area contributed by atoms with Crippen molar-refractivity contribution in [2.75, 3.05) is 0 Å². The van der Waals surface area contributed by atoms with Crippen molar-refractivity contribution in [3.8, 4) is 33.9 Å². The van der Waals surface area contributed by atoms with Gasteiger partial charge in [0, 0.05) is 16.7 Å². The molecule has 0 saturated carbocycles. The highest BCUT2D eigenvalue weighted by molar-refractivity contribution is 5.79. The van der Waals surface area contributed by atoms with E-state index in [1.54, 1.807) is 0 Å². The molecule has 0 atom stereocenters. The zero-order valence-electron chi connectivity index (χ0n) is 17.6. The maximum Gasteiger partial charge on any atom is 0.160 e. The highest BCUT2D eigenvalue weighted by Gasteiger charge is 2.11. The van der Waals surface area contributed by atoms with Gasteiger partial charge in [0.25, 0.3) is 0 Å². The summed E-state index contributed by atoms with van der Waals surface area (Å²) >= 11 is 0. The van der Waals surface area contributed by atoms with Crippen LogP contribution in [0.15, 0.2) is 122 Å². The summed E-state index contributed by atoms with van der Waals surface area (Å²) in [6, 6.07) is 30.8. The molecule has 3 aromatic carbocycles. The van der Waals surface area contributed by atoms with Gasteiger partial charge in [-0.2, -0.15) is 0 Å². The average molecular weight is 401 g/mol. The summed E-state index contributed by atoms with van der Waals surface area (Å²) in [6.45, 7) is 5.87. The van der Waals surface area contributed by atoms with Gasteiger partial charge in [-0.05, 0) is 30.2 Å². The van der Waals surface area contributed by atoms with Crippen molar-refractivity contribution >= 4 is 5.57 Å². The standard InChI is InChI=1S/C29H24N2/c1-3-12-22(13-4-2)25-18-11-19-26(20-25)28-21-27(23-14-7-5-8-15-23)30-29(31-28)24-16-9-6-10-17-24/h3-21H,1H2,2H3/b13-4-,22-12+. The fourth-order valence-electron chi connectivity index (χ4n) is 3.48. The minimum absolute atomic E-state index is 0.720. The lowest BCUT2D eigenvalue weighted by Gasteiger charge is -2.11. The maximum absolute atomic E-state index is 4.92. The van der Waals surface area contributed by atoms with Crippen molar-refractivity contribution in [1.82, 2.24) is 9.97 Å². The fourth-order valence-corrected chi connectivity index (χ4v) is 3.48. The fraction of sp³-hybridized carbons (Fsp3) is 0.0345. The van der Waals surface area contributed by atoms with Crippen LogP contribution in [0.5, 0.6) is 0 Å². The molecule has 1 aromatic heterocycles. The van der Waals surface area contributed by atoms with E-state index >= 15 is 0 Å². The molecule has 4 aromatic rings. The van der Waals surface area contributed by atoms with Gasteiger partial charge in [-0.3, -0.25) is 0 Å². The van der Waals surface area contributed by atoms with Crippen LogP contribution in [0.1, 0.15) is 12.5 Å². The smallest absolute Gasteiger partial charge is 0.160 e. The predicted octanol–water partition coefficient (Wildman–Crippen LogP) is 7.62. The molecule has 0 saturated heterocycles. The van der Waals surface area contributed by atoms with Crippen LogP contribution in [0.4, 0.5) is 0 Å². The van der Waals surface area contributed by atoms with E-state index < -0.39 is 0 Å². The molecule has 0 aliphatic carbocycles. The summed E-state index contributed by atoms with van der Waals surface area (Å²) in [4.78, 5) is 9.79. The molecule has 0 spiro atoms. The van der Waals surface area contributed by atoms with Crippen LogP contribution in [0.3, 0.4) is 0 Å². The second-order valence-corrected chi connectivity index (χ2v) is 7.13. The lowest BCUT2D eigenvalue weighted by atomic mass is 10.00. The Bertz CT molecular complexity index is 1180. The number of hydrogen-bond donors (Lipinski definition) is 0. The molecule has 0 amide bonds. The van der Waals surface area contributed by atoms with Crippen LogP contribution in [0, 0.1) is 0 Å². The minimum Gasteiger partial charge on any atom is -0.228 e. The second kappa shape index (κ2) is 9.64. The molecular formula is C29H24N2. The highest BCUT2D eigenvalue weighted by Crippen LogP contribution is 2.29. The van der Waals surface area contributed by atoms with Gasteiger partial charge in [-0.15, -0.1) is 0 Å². The molecule has 0 aliphatic heterocycles. The van der Waals surface area contributed by atoms with Crippen LogP contribution >= 0.6 is 0 Å². The second-order valence-electron chi connectivity index (χ2n) is 7.13. The third kappa shape index (κ3) is 4.76. The molecule has 150 valence electrons. The Balaban J connectivity index is 1.88. The zero-order valence-corrected chi connectivity index (χ0v) is 17.6. The lowest BCUT2D eigenvalue weighted by Crippen LogP contribution is -1.96. The normalized spacial score (nSPS) is 11.6. The first-order chi connectivity index (χ1) is 15.3. The third-order valence-corrected chi connectivity index (χ3v) is 4.96. The molecule has 0 radical (unpaired) electrons. The lowest BCUT2D eigenvalue weighted by molar-refractivity contribution is 1.18. The molecule has 4 rings (SSSR count). The largest absolute Gasteiger partial charge is 0.228 e. The van der Waals surface area contributed by atoms with Crippen LogP contribution in [0.2, 0.25) is 0 Å². The third-order valence-electron chi connectivity index (χ3n) is 4.96. The van der Waals surface area contributed by atoms with Crippen molar-refractivity contribution in [2.45, 2.75) is 6.92 Å². The molecule has 0 bridgehead atoms. The summed E-state index contributed by atoms with van der Waals surface area (Å²) in [5.41, 5.74) is 7.16. The van der Waals surface area contributed by atoms with Crippen molar-refractivity contribution < 1.29 is 0 Å². The summed E-state index contributed by atoms with van der Waals surface area (Å²) in [7, 11) is 0. The molecule has 0 unspecified atom stereocenters. The zero-order chi connectivity index (χ0) is 21.5. The first-order valence-corrected chi connectivity index (χ1v) is 10.3. The van der Waals surface area contributed by atoms with Crippen LogP contribution in [-0.2, 0) is 0 Å². The monoisotopic (exact) mass is 400 g/mol. The van der Waals surface area contributed by atoms with Crippen molar-refractivity contribution in [2.24, 2.45) is 0 Å². The van der Waals surface area contributed by atoms with Gasteiger partial charge in [0.15, 0.2) is 5.82 Å². The molecule has 0 N–H and O–H groups in total. The highest BCUT2D eigenvalue weighted by atomic mass is 14.9. The Hall–Kier alpha value is -4.04. The van der Waals surface area contributed by atoms with Gasteiger partial charge in [0.2, 0.25) is 0 Å². The number of rotatable bonds is 6. The summed E-state index contributed by atoms with van der Waals surface area (Å²) in [5, 5.41) is 0. The predicted molar refractivity (Wildman–Crippen MR) is 131 cm³/mol. The van der Waals surface area contributed by atoms with E-state index in [1.165, 1.54) is 0 Å². The Kier molecular flexibility index (Phi) is 6.29. The van der Waals surface area contributed by atoms with E-state index in [9.17, 15) is 0 Å². The maximum atomic E-state index is 4.92. The number of benzene rings is 3. The Morgan fingerprint density at radius 3 is 1.97 bits per heavy atom. The van der Waals surface area contributed by atoms with Gasteiger partial charge in [0.05, 0.1) is 11.4 Å². The molecule has 0 aliphatic rings. The summed E-state index contributed by atoms with van der Waals surface area (Å²) in [5.74, 6) is 0.720. The first-order valence-electron chi connectivity index (χ1n) is 10.3. The summed E-state index contributed by atoms with van der Waals surface area (Å²) in [6.07, 6.45) is 7.96. The number of aromatic nitrogens is 2. The van der Waals surface area contributed by atoms with Crippen molar-refractivity contribution in [1.29, 1.82) is 0 Å². The van der Waals surface area contributed by atoms with Crippen LogP contribution in [0.25, 0.3) is 39.5 Å². The topological polar surface area (TPSA) is 25.8 Å². The molecule has 0 fully saturated rings. The SMILES string of the molecule is C=C/C=C(\C=C/C)c1cccc(-c2cc(-c3ccccc3)nc(-c3ccccc3)n2)c1. The van der Waals surface area contributed by atoms with E-state index in [2.05, 4.69) is 55.1 Å². The van der Waals surface area contributed by atoms with Crippen LogP contribution < -0.4 is 0 Å². The molecule has 2 nitrogen and oxygen atoms in total. The molecule has 31 heavy (non-hydrogen) atoms. The molecule has 2 heteroatoms. The number of hydrogen-bond acceptors (Lipinski definition) is 2. The van der Waals surface area contributed by atoms with Gasteiger partial charge < -0.3 is 0 Å². The number of allylic oxidation sites excluding steroid dienone is 5. The Labute approximate surface area is 184 Å². The molecule has 1 heterocycles. The van der Waals surface area contributed by atoms with E-state index in [0.717, 1.165) is 45.0 Å². The molecular weight excluding hydrogens is 376 g/mol. The van der Waals surface area contributed by atoms with Crippen molar-refractivity contribution in [3.05, 3.63) is 127 Å². The Morgan fingerprint density at radius 2 is 1.32 bits per heavy atom. The van der Waals surface area contributed by atoms with Gasteiger partial charge >= 0.3 is 0 Å². The first kappa shape index (κ1) is 20.2. The summed E-state index contributed by atoms with van der Waals surface area (Å²) < 4.78 is 0. The quantitative estimate of drug-likeness (QED) is 0.311. The van der Waals surface area contributed by atoms with Crippen LogP contribution in [-0.4, -0.2) is 9.97 Å². The van der Waals surface area contributed by atoms with Crippen molar-refractivity contribution in [3.63, 3.8) is 0 Å².